The van der Waals surface area contributed by atoms with Crippen molar-refractivity contribution < 1.29 is 25.9 Å². The van der Waals surface area contributed by atoms with Crippen LogP contribution in [0.1, 0.15) is 255 Å². The summed E-state index contributed by atoms with van der Waals surface area (Å²) in [5.74, 6) is 0. The van der Waals surface area contributed by atoms with Crippen molar-refractivity contribution >= 4 is 90.7 Å². The van der Waals surface area contributed by atoms with E-state index in [2.05, 4.69) is 39.8 Å². The van der Waals surface area contributed by atoms with Gasteiger partial charge in [-0.05, 0) is 96.5 Å². The van der Waals surface area contributed by atoms with Crippen LogP contribution in [0.4, 0.5) is 0 Å². The fourth-order valence-electron chi connectivity index (χ4n) is 10.1. The summed E-state index contributed by atoms with van der Waals surface area (Å²) in [6.45, 7) is 8.98. The first-order chi connectivity index (χ1) is 33.0. The van der Waals surface area contributed by atoms with Crippen molar-refractivity contribution in [3.8, 4) is 0 Å². The summed E-state index contributed by atoms with van der Waals surface area (Å²) < 4.78 is 72.4. The predicted molar refractivity (Wildman–Crippen MR) is 295 cm³/mol. The van der Waals surface area contributed by atoms with Crippen molar-refractivity contribution in [3.05, 3.63) is 82.9 Å². The van der Waals surface area contributed by atoms with Gasteiger partial charge in [-0.3, -0.25) is 0 Å². The van der Waals surface area contributed by atoms with Gasteiger partial charge in [0.25, 0.3) is 0 Å². The van der Waals surface area contributed by atoms with Crippen LogP contribution in [0.5, 0.6) is 0 Å². The molecule has 0 aliphatic carbocycles. The molecule has 0 amide bonds. The molecule has 0 radical (unpaired) electrons. The van der Waals surface area contributed by atoms with Crippen molar-refractivity contribution in [3.63, 3.8) is 0 Å². The van der Waals surface area contributed by atoms with Gasteiger partial charge in [-0.2, -0.15) is 0 Å². The zero-order chi connectivity index (χ0) is 49.3. The second kappa shape index (κ2) is 38.4. The maximum absolute atomic E-state index is 12.1. The Morgan fingerprint density at radius 3 is 0.826 bits per heavy atom. The molecule has 0 atom stereocenters. The predicted octanol–water partition coefficient (Wildman–Crippen LogP) is 17.8. The van der Waals surface area contributed by atoms with Gasteiger partial charge in [-0.15, -0.1) is 0 Å². The Kier molecular flexibility index (Phi) is 35.5. The molecule has 0 aliphatic rings. The fourth-order valence-corrected chi connectivity index (χ4v) is 11.6. The van der Waals surface area contributed by atoms with E-state index in [9.17, 15) is 25.9 Å². The van der Waals surface area contributed by atoms with Crippen LogP contribution in [0.25, 0.3) is 21.5 Å². The first-order valence-electron chi connectivity index (χ1n) is 28.0. The van der Waals surface area contributed by atoms with Crippen LogP contribution in [0.3, 0.4) is 0 Å². The third-order valence-corrected chi connectivity index (χ3v) is 15.9. The molecule has 0 spiro atoms. The van der Waals surface area contributed by atoms with E-state index in [0.29, 0.717) is 10.8 Å². The third kappa shape index (κ3) is 25.5. The van der Waals surface area contributed by atoms with Gasteiger partial charge in [0, 0.05) is 10.8 Å². The molecule has 0 N–H and O–H groups in total. The molecule has 384 valence electrons. The summed E-state index contributed by atoms with van der Waals surface area (Å²) in [4.78, 5) is -0.0883. The van der Waals surface area contributed by atoms with Gasteiger partial charge in [0.1, 0.15) is 20.2 Å². The molecule has 6 nitrogen and oxygen atoms in total. The van der Waals surface area contributed by atoms with E-state index in [4.69, 9.17) is 0 Å². The number of aryl methyl sites for hydroxylation is 4. The first-order valence-corrected chi connectivity index (χ1v) is 30.8. The van der Waals surface area contributed by atoms with E-state index < -0.39 is 20.2 Å². The molecule has 4 aromatic rings. The minimum Gasteiger partial charge on any atom is -0.744 e. The van der Waals surface area contributed by atoms with Crippen LogP contribution in [0.2, 0.25) is 0 Å². The Morgan fingerprint density at radius 2 is 0.565 bits per heavy atom. The van der Waals surface area contributed by atoms with E-state index in [1.54, 1.807) is 12.1 Å². The van der Waals surface area contributed by atoms with Crippen LogP contribution in [0, 0.1) is 0 Å². The molecule has 0 aromatic heterocycles. The standard InChI is InChI=1S/2C30H48O3S.Ba/c2*1-3-5-7-9-11-13-15-17-20-26-24-25-27-21-19-23-29(34(31,32)33)30(27)28(26)22-18-16-14-12-10-8-6-4-2;/h2*19,21,23-25H,3-18,20,22H2,1-2H3,(H,31,32,33);/q;;+2/p-2. The van der Waals surface area contributed by atoms with Crippen molar-refractivity contribution in [2.75, 3.05) is 0 Å². The minimum absolute atomic E-state index is 0. The van der Waals surface area contributed by atoms with Crippen molar-refractivity contribution in [1.82, 2.24) is 0 Å². The largest absolute Gasteiger partial charge is 2.00 e. The second-order valence-electron chi connectivity index (χ2n) is 19.9. The molecule has 69 heavy (non-hydrogen) atoms. The quantitative estimate of drug-likeness (QED) is 0.0251. The Labute approximate surface area is 463 Å². The molecular formula is C60H94BaO6S2. The van der Waals surface area contributed by atoms with Crippen LogP contribution >= 0.6 is 0 Å². The molecule has 0 heterocycles. The van der Waals surface area contributed by atoms with Gasteiger partial charge in [0.2, 0.25) is 0 Å². The zero-order valence-electron chi connectivity index (χ0n) is 44.2. The maximum atomic E-state index is 12.1. The molecule has 0 fully saturated rings. The Morgan fingerprint density at radius 1 is 0.319 bits per heavy atom. The van der Waals surface area contributed by atoms with E-state index in [1.165, 1.54) is 190 Å². The van der Waals surface area contributed by atoms with Crippen LogP contribution in [0.15, 0.2) is 70.5 Å². The summed E-state index contributed by atoms with van der Waals surface area (Å²) in [5, 5.41) is 3.09. The monoisotopic (exact) mass is 1110 g/mol. The normalized spacial score (nSPS) is 11.8. The van der Waals surface area contributed by atoms with E-state index >= 15 is 0 Å². The van der Waals surface area contributed by atoms with E-state index in [0.717, 1.165) is 86.1 Å². The van der Waals surface area contributed by atoms with Gasteiger partial charge < -0.3 is 9.11 Å². The molecular weight excluding hydrogens is 1020 g/mol. The topological polar surface area (TPSA) is 114 Å². The number of hydrogen-bond acceptors (Lipinski definition) is 6. The number of rotatable bonds is 38. The summed E-state index contributed by atoms with van der Waals surface area (Å²) in [6.07, 6.45) is 43.9. The molecule has 9 heteroatoms. The molecule has 0 aliphatic heterocycles. The van der Waals surface area contributed by atoms with Crippen molar-refractivity contribution in [1.29, 1.82) is 0 Å². The summed E-state index contributed by atoms with van der Waals surface area (Å²) in [7, 11) is -9.01. The van der Waals surface area contributed by atoms with Gasteiger partial charge >= 0.3 is 48.9 Å². The maximum Gasteiger partial charge on any atom is 2.00 e. The van der Waals surface area contributed by atoms with Crippen molar-refractivity contribution in [2.45, 2.75) is 269 Å². The molecule has 4 aromatic carbocycles. The Balaban J connectivity index is 0.000000467. The zero-order valence-corrected chi connectivity index (χ0v) is 50.3. The average Bonchev–Trinajstić information content (AvgIpc) is 3.32. The summed E-state index contributed by atoms with van der Waals surface area (Å²) in [6, 6.07) is 18.6. The van der Waals surface area contributed by atoms with E-state index in [-0.39, 0.29) is 58.7 Å². The van der Waals surface area contributed by atoms with Crippen LogP contribution in [-0.2, 0) is 45.9 Å². The van der Waals surface area contributed by atoms with E-state index in [1.807, 2.05) is 24.3 Å². The molecule has 0 bridgehead atoms. The smallest absolute Gasteiger partial charge is 0.744 e. The minimum atomic E-state index is -4.51. The number of fused-ring (bicyclic) bond motifs is 2. The molecule has 0 unspecified atom stereocenters. The molecule has 0 saturated carbocycles. The van der Waals surface area contributed by atoms with Gasteiger partial charge in [0.05, 0.1) is 9.79 Å². The fraction of sp³-hybridized carbons (Fsp3) is 0.667. The van der Waals surface area contributed by atoms with Gasteiger partial charge in [-0.1, -0.05) is 256 Å². The SMILES string of the molecule is CCCCCCCCCCc1ccc2cccc(S(=O)(=O)[O-])c2c1CCCCCCCCCC.CCCCCCCCCCc1ccc2cccc(S(=O)(=O)[O-])c2c1CCCCCCCCCC.[Ba+2]. The number of hydrogen-bond donors (Lipinski definition) is 0. The van der Waals surface area contributed by atoms with Gasteiger partial charge in [0.15, 0.2) is 0 Å². The molecule has 0 saturated heterocycles. The average molecular weight is 1110 g/mol. The summed E-state index contributed by atoms with van der Waals surface area (Å²) >= 11 is 0. The number of unbranched alkanes of at least 4 members (excludes halogenated alkanes) is 28. The number of benzene rings is 4. The van der Waals surface area contributed by atoms with Crippen LogP contribution in [-0.4, -0.2) is 74.8 Å². The Hall–Kier alpha value is -1.21. The Bertz CT molecular complexity index is 2030. The third-order valence-electron chi connectivity index (χ3n) is 14.1. The summed E-state index contributed by atoms with van der Waals surface area (Å²) in [5.41, 5.74) is 4.66. The first kappa shape index (κ1) is 63.9. The van der Waals surface area contributed by atoms with Gasteiger partial charge in [-0.25, -0.2) is 16.8 Å². The second-order valence-corrected chi connectivity index (χ2v) is 22.6. The van der Waals surface area contributed by atoms with Crippen molar-refractivity contribution in [2.24, 2.45) is 0 Å². The molecule has 4 rings (SSSR count). The van der Waals surface area contributed by atoms with Crippen LogP contribution < -0.4 is 0 Å².